The predicted molar refractivity (Wildman–Crippen MR) is 70.7 cm³/mol. The molecule has 0 aliphatic carbocycles. The van der Waals surface area contributed by atoms with E-state index < -0.39 is 6.36 Å². The molecule has 1 aromatic heterocycles. The lowest BCUT2D eigenvalue weighted by atomic mass is 10.1. The van der Waals surface area contributed by atoms with Crippen LogP contribution in [0.15, 0.2) is 36.5 Å². The van der Waals surface area contributed by atoms with Crippen molar-refractivity contribution in [2.75, 3.05) is 0 Å². The van der Waals surface area contributed by atoms with Gasteiger partial charge in [0.1, 0.15) is 5.75 Å². The zero-order valence-electron chi connectivity index (χ0n) is 10.5. The van der Waals surface area contributed by atoms with Gasteiger partial charge < -0.3 is 4.74 Å². The van der Waals surface area contributed by atoms with E-state index >= 15 is 0 Å². The molecule has 0 atom stereocenters. The van der Waals surface area contributed by atoms with Gasteiger partial charge >= 0.3 is 6.36 Å². The highest BCUT2D eigenvalue weighted by molar-refractivity contribution is 6.31. The summed E-state index contributed by atoms with van der Waals surface area (Å²) >= 11 is 5.99. The third kappa shape index (κ3) is 4.10. The van der Waals surface area contributed by atoms with Gasteiger partial charge in [-0.1, -0.05) is 23.7 Å². The van der Waals surface area contributed by atoms with E-state index in [-0.39, 0.29) is 12.2 Å². The summed E-state index contributed by atoms with van der Waals surface area (Å²) in [4.78, 5) is 4.06. The van der Waals surface area contributed by atoms with Crippen LogP contribution in [0.1, 0.15) is 5.69 Å². The van der Waals surface area contributed by atoms with Crippen LogP contribution in [0.25, 0.3) is 11.1 Å². The van der Waals surface area contributed by atoms with E-state index in [1.54, 1.807) is 6.07 Å². The zero-order valence-corrected chi connectivity index (χ0v) is 11.2. The number of benzene rings is 1. The highest BCUT2D eigenvalue weighted by atomic mass is 35.5. The van der Waals surface area contributed by atoms with E-state index in [4.69, 9.17) is 16.9 Å². The molecule has 1 aromatic carbocycles. The van der Waals surface area contributed by atoms with Gasteiger partial charge in [-0.2, -0.15) is 5.26 Å². The molecular formula is C14H8ClF3N2O. The quantitative estimate of drug-likeness (QED) is 0.845. The first-order chi connectivity index (χ1) is 9.89. The first-order valence-corrected chi connectivity index (χ1v) is 6.14. The third-order valence-corrected chi connectivity index (χ3v) is 2.91. The molecule has 1 heterocycles. The van der Waals surface area contributed by atoms with E-state index in [1.165, 1.54) is 30.5 Å². The lowest BCUT2D eigenvalue weighted by molar-refractivity contribution is -0.274. The number of nitrogens with zero attached hydrogens (tertiary/aromatic N) is 2. The van der Waals surface area contributed by atoms with Gasteiger partial charge in [0.15, 0.2) is 0 Å². The van der Waals surface area contributed by atoms with Crippen molar-refractivity contribution >= 4 is 11.6 Å². The van der Waals surface area contributed by atoms with Gasteiger partial charge in [-0.15, -0.1) is 13.2 Å². The van der Waals surface area contributed by atoms with Crippen LogP contribution in [0.2, 0.25) is 5.02 Å². The summed E-state index contributed by atoms with van der Waals surface area (Å²) in [7, 11) is 0. The van der Waals surface area contributed by atoms with Crippen LogP contribution in [0, 0.1) is 11.3 Å². The van der Waals surface area contributed by atoms with Crippen LogP contribution in [0.5, 0.6) is 5.75 Å². The normalized spacial score (nSPS) is 11.0. The van der Waals surface area contributed by atoms with Gasteiger partial charge in [-0.3, -0.25) is 4.98 Å². The Bertz CT molecular complexity index is 678. The van der Waals surface area contributed by atoms with Crippen LogP contribution >= 0.6 is 11.6 Å². The summed E-state index contributed by atoms with van der Waals surface area (Å²) in [6.45, 7) is 0. The van der Waals surface area contributed by atoms with Crippen LogP contribution < -0.4 is 4.74 Å². The fourth-order valence-electron chi connectivity index (χ4n) is 1.68. The fourth-order valence-corrected chi connectivity index (χ4v) is 1.91. The van der Waals surface area contributed by atoms with E-state index in [9.17, 15) is 13.2 Å². The maximum absolute atomic E-state index is 12.1. The Morgan fingerprint density at radius 2 is 1.86 bits per heavy atom. The Morgan fingerprint density at radius 1 is 1.19 bits per heavy atom. The molecule has 3 nitrogen and oxygen atoms in total. The molecule has 0 fully saturated rings. The van der Waals surface area contributed by atoms with Crippen LogP contribution in [0.4, 0.5) is 13.2 Å². The Labute approximate surface area is 123 Å². The molecule has 2 rings (SSSR count). The lowest BCUT2D eigenvalue weighted by Crippen LogP contribution is -2.16. The summed E-state index contributed by atoms with van der Waals surface area (Å²) in [6.07, 6.45) is -3.11. The topological polar surface area (TPSA) is 45.9 Å². The molecule has 0 N–H and O–H groups in total. The number of alkyl halides is 3. The number of aromatic nitrogens is 1. The van der Waals surface area contributed by atoms with Gasteiger partial charge in [-0.05, 0) is 23.8 Å². The maximum Gasteiger partial charge on any atom is 0.573 e. The van der Waals surface area contributed by atoms with E-state index in [0.717, 1.165) is 0 Å². The molecule has 0 aliphatic rings. The Morgan fingerprint density at radius 3 is 2.38 bits per heavy atom. The van der Waals surface area contributed by atoms with E-state index in [1.807, 2.05) is 6.07 Å². The number of pyridine rings is 1. The smallest absolute Gasteiger partial charge is 0.406 e. The molecule has 0 amide bonds. The van der Waals surface area contributed by atoms with Crippen molar-refractivity contribution in [2.24, 2.45) is 0 Å². The van der Waals surface area contributed by atoms with Crippen LogP contribution in [-0.4, -0.2) is 11.3 Å². The molecule has 0 saturated heterocycles. The first kappa shape index (κ1) is 15.1. The average Bonchev–Trinajstić information content (AvgIpc) is 2.40. The van der Waals surface area contributed by atoms with E-state index in [2.05, 4.69) is 9.72 Å². The predicted octanol–water partition coefficient (Wildman–Crippen LogP) is 4.37. The molecule has 0 spiro atoms. The number of hydrogen-bond donors (Lipinski definition) is 0. The SMILES string of the molecule is N#CCc1ncc(-c2ccc(OC(F)(F)F)cc2)cc1Cl. The van der Waals surface area contributed by atoms with Gasteiger partial charge in [0.2, 0.25) is 0 Å². The molecule has 0 bridgehead atoms. The molecule has 0 aliphatic heterocycles. The average molecular weight is 313 g/mol. The number of halogens is 4. The van der Waals surface area contributed by atoms with Crippen molar-refractivity contribution in [2.45, 2.75) is 12.8 Å². The largest absolute Gasteiger partial charge is 0.573 e. The Hall–Kier alpha value is -2.26. The molecule has 21 heavy (non-hydrogen) atoms. The fraction of sp³-hybridized carbons (Fsp3) is 0.143. The summed E-state index contributed by atoms with van der Waals surface area (Å²) in [5, 5.41) is 8.94. The minimum Gasteiger partial charge on any atom is -0.406 e. The Kier molecular flexibility index (Phi) is 4.34. The van der Waals surface area contributed by atoms with Crippen molar-refractivity contribution in [1.29, 1.82) is 5.26 Å². The highest BCUT2D eigenvalue weighted by Crippen LogP contribution is 2.28. The second-order valence-electron chi connectivity index (χ2n) is 4.06. The van der Waals surface area contributed by atoms with Gasteiger partial charge in [-0.25, -0.2) is 0 Å². The van der Waals surface area contributed by atoms with Gasteiger partial charge in [0.05, 0.1) is 23.2 Å². The summed E-state index contributed by atoms with van der Waals surface area (Å²) in [6, 6.07) is 8.91. The van der Waals surface area contributed by atoms with Crippen molar-refractivity contribution in [3.8, 4) is 22.9 Å². The second-order valence-corrected chi connectivity index (χ2v) is 4.47. The second kappa shape index (κ2) is 6.02. The van der Waals surface area contributed by atoms with Crippen molar-refractivity contribution < 1.29 is 17.9 Å². The van der Waals surface area contributed by atoms with Crippen molar-refractivity contribution in [3.63, 3.8) is 0 Å². The van der Waals surface area contributed by atoms with Crippen LogP contribution in [0.3, 0.4) is 0 Å². The monoisotopic (exact) mass is 312 g/mol. The van der Waals surface area contributed by atoms with E-state index in [0.29, 0.717) is 21.8 Å². The molecule has 108 valence electrons. The molecule has 0 radical (unpaired) electrons. The van der Waals surface area contributed by atoms with Gasteiger partial charge in [0.25, 0.3) is 0 Å². The van der Waals surface area contributed by atoms with Gasteiger partial charge in [0, 0.05) is 11.8 Å². The molecule has 0 unspecified atom stereocenters. The lowest BCUT2D eigenvalue weighted by Gasteiger charge is -2.09. The minimum atomic E-state index is -4.72. The highest BCUT2D eigenvalue weighted by Gasteiger charge is 2.30. The molecule has 0 saturated carbocycles. The summed E-state index contributed by atoms with van der Waals surface area (Å²) in [5.74, 6) is -0.300. The summed E-state index contributed by atoms with van der Waals surface area (Å²) < 4.78 is 40.0. The number of ether oxygens (including phenoxy) is 1. The van der Waals surface area contributed by atoms with Crippen molar-refractivity contribution in [3.05, 3.63) is 47.2 Å². The molecule has 2 aromatic rings. The molecule has 7 heteroatoms. The zero-order chi connectivity index (χ0) is 15.5. The third-order valence-electron chi connectivity index (χ3n) is 2.59. The van der Waals surface area contributed by atoms with Crippen molar-refractivity contribution in [1.82, 2.24) is 4.98 Å². The maximum atomic E-state index is 12.1. The number of nitriles is 1. The standard InChI is InChI=1S/C14H8ClF3N2O/c15-12-7-10(8-20-13(12)5-6-19)9-1-3-11(4-2-9)21-14(16,17)18/h1-4,7-8H,5H2. The molecular weight excluding hydrogens is 305 g/mol. The minimum absolute atomic E-state index is 0.0947. The number of hydrogen-bond acceptors (Lipinski definition) is 3. The summed E-state index contributed by atoms with van der Waals surface area (Å²) in [5.41, 5.74) is 1.74. The number of rotatable bonds is 3. The van der Waals surface area contributed by atoms with Crippen LogP contribution in [-0.2, 0) is 6.42 Å². The Balaban J connectivity index is 2.23. The first-order valence-electron chi connectivity index (χ1n) is 5.76.